The van der Waals surface area contributed by atoms with Crippen molar-refractivity contribution >= 4 is 87.5 Å². The van der Waals surface area contributed by atoms with Crippen molar-refractivity contribution in [2.24, 2.45) is 0 Å². The third-order valence-electron chi connectivity index (χ3n) is 14.3. The van der Waals surface area contributed by atoms with Gasteiger partial charge in [0.05, 0.1) is 33.5 Å². The second-order valence-electron chi connectivity index (χ2n) is 18.2. The van der Waals surface area contributed by atoms with Crippen molar-refractivity contribution < 1.29 is 8.83 Å². The van der Waals surface area contributed by atoms with E-state index in [0.717, 1.165) is 106 Å². The third-order valence-corrected chi connectivity index (χ3v) is 14.3. The normalized spacial score (nSPS) is 12.0. The Balaban J connectivity index is 0.928. The molecule has 326 valence electrons. The fourth-order valence-electron chi connectivity index (χ4n) is 11.1. The summed E-state index contributed by atoms with van der Waals surface area (Å²) in [5.74, 6) is 0. The minimum atomic E-state index is 0.820. The molecule has 0 aliphatic carbocycles. The number of para-hydroxylation sites is 4. The SMILES string of the molecule is c1ccc(-c2cc(-c3ccc4c(c3)oc3ccccc34)nc(-c3cccc4oc5ccc(-c6ccc7c(c6)c6ccc8c9ccccc9n(-c9ccccc9)c8c6n7-c6ccccc6)cc5c34)c2)cc1. The lowest BCUT2D eigenvalue weighted by atomic mass is 9.96. The predicted molar refractivity (Wildman–Crippen MR) is 289 cm³/mol. The average molecular weight is 894 g/mol. The summed E-state index contributed by atoms with van der Waals surface area (Å²) in [6, 6.07) is 84.3. The Hall–Kier alpha value is -9.45. The number of aromatic nitrogens is 3. The summed E-state index contributed by atoms with van der Waals surface area (Å²) < 4.78 is 17.9. The van der Waals surface area contributed by atoms with Gasteiger partial charge in [-0.15, -0.1) is 0 Å². The van der Waals surface area contributed by atoms with Crippen LogP contribution < -0.4 is 0 Å². The molecule has 10 aromatic carbocycles. The van der Waals surface area contributed by atoms with Gasteiger partial charge in [0.1, 0.15) is 22.3 Å². The maximum absolute atomic E-state index is 6.66. The maximum atomic E-state index is 6.66. The number of fused-ring (bicyclic) bond motifs is 13. The summed E-state index contributed by atoms with van der Waals surface area (Å²) in [6.07, 6.45) is 0. The molecular weight excluding hydrogens is 855 g/mol. The molecule has 5 aromatic heterocycles. The second-order valence-corrected chi connectivity index (χ2v) is 18.2. The van der Waals surface area contributed by atoms with Crippen molar-refractivity contribution in [3.63, 3.8) is 0 Å². The van der Waals surface area contributed by atoms with E-state index < -0.39 is 0 Å². The molecule has 5 heterocycles. The fraction of sp³-hybridized carbons (Fsp3) is 0. The quantitative estimate of drug-likeness (QED) is 0.167. The average Bonchev–Trinajstić information content (AvgIpc) is 4.18. The smallest absolute Gasteiger partial charge is 0.136 e. The molecule has 5 heteroatoms. The zero-order chi connectivity index (χ0) is 45.9. The number of furan rings is 2. The Labute approximate surface area is 401 Å². The van der Waals surface area contributed by atoms with Crippen molar-refractivity contribution in [2.45, 2.75) is 0 Å². The topological polar surface area (TPSA) is 49.0 Å². The van der Waals surface area contributed by atoms with Crippen molar-refractivity contribution in [2.75, 3.05) is 0 Å². The van der Waals surface area contributed by atoms with Crippen molar-refractivity contribution in [3.8, 4) is 56.1 Å². The van der Waals surface area contributed by atoms with Gasteiger partial charge in [0, 0.05) is 65.6 Å². The van der Waals surface area contributed by atoms with E-state index in [9.17, 15) is 0 Å². The highest BCUT2D eigenvalue weighted by Crippen LogP contribution is 2.45. The highest BCUT2D eigenvalue weighted by molar-refractivity contribution is 6.24. The first-order valence-corrected chi connectivity index (χ1v) is 23.8. The van der Waals surface area contributed by atoms with E-state index in [1.807, 2.05) is 12.1 Å². The molecule has 70 heavy (non-hydrogen) atoms. The van der Waals surface area contributed by atoms with E-state index in [2.05, 4.69) is 234 Å². The summed E-state index contributed by atoms with van der Waals surface area (Å²) in [5.41, 5.74) is 18.5. The third kappa shape index (κ3) is 5.82. The first-order chi connectivity index (χ1) is 34.7. The number of rotatable bonds is 6. The molecule has 0 atom stereocenters. The largest absolute Gasteiger partial charge is 0.456 e. The van der Waals surface area contributed by atoms with E-state index in [4.69, 9.17) is 13.8 Å². The highest BCUT2D eigenvalue weighted by Gasteiger charge is 2.23. The number of nitrogens with zero attached hydrogens (tertiary/aromatic N) is 3. The fourth-order valence-corrected chi connectivity index (χ4v) is 11.1. The van der Waals surface area contributed by atoms with Crippen molar-refractivity contribution in [1.82, 2.24) is 14.1 Å². The molecule has 0 bridgehead atoms. The van der Waals surface area contributed by atoms with E-state index in [1.54, 1.807) is 0 Å². The molecule has 5 nitrogen and oxygen atoms in total. The molecule has 15 rings (SSSR count). The van der Waals surface area contributed by atoms with Crippen LogP contribution in [0.1, 0.15) is 0 Å². The Morgan fingerprint density at radius 3 is 1.60 bits per heavy atom. The molecule has 0 spiro atoms. The standard InChI is InChI=1S/C65H39N3O2/c1-4-15-40(16-5-1)44-37-55(43-27-30-49-48-22-11-13-25-59(48)70-62(49)39-43)66-56(38-44)52-23-14-26-61-63(52)54-36-42(29-34-60(54)69-61)41-28-33-58-53(35-41)51-32-31-50-47-21-10-12-24-57(47)67(45-17-6-2-7-18-45)64(50)65(51)68(58)46-19-8-3-9-20-46/h1-39H. The van der Waals surface area contributed by atoms with Crippen LogP contribution in [0.2, 0.25) is 0 Å². The van der Waals surface area contributed by atoms with Crippen molar-refractivity contribution in [3.05, 3.63) is 237 Å². The zero-order valence-electron chi connectivity index (χ0n) is 37.7. The van der Waals surface area contributed by atoms with E-state index >= 15 is 0 Å². The summed E-state index contributed by atoms with van der Waals surface area (Å²) in [5, 5.41) is 9.13. The summed E-state index contributed by atoms with van der Waals surface area (Å²) in [7, 11) is 0. The minimum absolute atomic E-state index is 0.820. The lowest BCUT2D eigenvalue weighted by Crippen LogP contribution is -1.98. The summed E-state index contributed by atoms with van der Waals surface area (Å²) in [4.78, 5) is 5.44. The maximum Gasteiger partial charge on any atom is 0.136 e. The number of hydrogen-bond donors (Lipinski definition) is 0. The molecule has 0 saturated heterocycles. The molecule has 0 aliphatic heterocycles. The highest BCUT2D eigenvalue weighted by atomic mass is 16.3. The summed E-state index contributed by atoms with van der Waals surface area (Å²) in [6.45, 7) is 0. The summed E-state index contributed by atoms with van der Waals surface area (Å²) >= 11 is 0. The van der Waals surface area contributed by atoms with Crippen LogP contribution in [0.4, 0.5) is 0 Å². The molecule has 0 N–H and O–H groups in total. The van der Waals surface area contributed by atoms with Crippen LogP contribution in [0.3, 0.4) is 0 Å². The monoisotopic (exact) mass is 893 g/mol. The minimum Gasteiger partial charge on any atom is -0.456 e. The molecule has 0 fully saturated rings. The number of pyridine rings is 1. The molecule has 0 aliphatic rings. The van der Waals surface area contributed by atoms with Gasteiger partial charge < -0.3 is 18.0 Å². The number of benzene rings is 10. The Kier molecular flexibility index (Phi) is 8.29. The molecule has 0 amide bonds. The zero-order valence-corrected chi connectivity index (χ0v) is 37.7. The van der Waals surface area contributed by atoms with Crippen LogP contribution in [0.5, 0.6) is 0 Å². The van der Waals surface area contributed by atoms with Crippen LogP contribution >= 0.6 is 0 Å². The van der Waals surface area contributed by atoms with Gasteiger partial charge in [-0.2, -0.15) is 0 Å². The van der Waals surface area contributed by atoms with E-state index in [0.29, 0.717) is 0 Å². The predicted octanol–water partition coefficient (Wildman–Crippen LogP) is 17.7. The van der Waals surface area contributed by atoms with Gasteiger partial charge >= 0.3 is 0 Å². The Morgan fingerprint density at radius 1 is 0.286 bits per heavy atom. The first kappa shape index (κ1) is 38.6. The molecule has 0 saturated carbocycles. The van der Waals surface area contributed by atoms with Gasteiger partial charge in [-0.1, -0.05) is 146 Å². The number of hydrogen-bond acceptors (Lipinski definition) is 3. The van der Waals surface area contributed by atoms with Gasteiger partial charge in [0.25, 0.3) is 0 Å². The Bertz CT molecular complexity index is 4580. The van der Waals surface area contributed by atoms with Crippen LogP contribution in [-0.2, 0) is 0 Å². The van der Waals surface area contributed by atoms with Gasteiger partial charge in [-0.3, -0.25) is 0 Å². The Morgan fingerprint density at radius 2 is 0.829 bits per heavy atom. The van der Waals surface area contributed by atoms with Crippen LogP contribution in [-0.4, -0.2) is 14.1 Å². The first-order valence-electron chi connectivity index (χ1n) is 23.8. The second kappa shape index (κ2) is 15.0. The van der Waals surface area contributed by atoms with Crippen LogP contribution in [0, 0.1) is 0 Å². The lowest BCUT2D eigenvalue weighted by Gasteiger charge is -2.12. The molecule has 0 unspecified atom stereocenters. The van der Waals surface area contributed by atoms with E-state index in [-0.39, 0.29) is 0 Å². The van der Waals surface area contributed by atoms with E-state index in [1.165, 1.54) is 38.1 Å². The van der Waals surface area contributed by atoms with Crippen LogP contribution in [0.15, 0.2) is 245 Å². The lowest BCUT2D eigenvalue weighted by molar-refractivity contribution is 0.668. The van der Waals surface area contributed by atoms with Gasteiger partial charge in [0.15, 0.2) is 0 Å². The van der Waals surface area contributed by atoms with Gasteiger partial charge in [-0.25, -0.2) is 4.98 Å². The van der Waals surface area contributed by atoms with Crippen molar-refractivity contribution in [1.29, 1.82) is 0 Å². The molecule has 15 aromatic rings. The molecule has 0 radical (unpaired) electrons. The van der Waals surface area contributed by atoms with Crippen LogP contribution in [0.25, 0.3) is 144 Å². The molecular formula is C65H39N3O2. The van der Waals surface area contributed by atoms with Gasteiger partial charge in [0.2, 0.25) is 0 Å². The van der Waals surface area contributed by atoms with Gasteiger partial charge in [-0.05, 0) is 113 Å².